The molecule has 0 aliphatic heterocycles. The zero-order valence-electron chi connectivity index (χ0n) is 6.27. The maximum Gasteiger partial charge on any atom is 0.199 e. The summed E-state index contributed by atoms with van der Waals surface area (Å²) in [5.41, 5.74) is 0. The van der Waals surface area contributed by atoms with Crippen molar-refractivity contribution in [3.8, 4) is 0 Å². The lowest BCUT2D eigenvalue weighted by atomic mass is 11.2. The van der Waals surface area contributed by atoms with Crippen LogP contribution in [0.25, 0.3) is 0 Å². The summed E-state index contributed by atoms with van der Waals surface area (Å²) >= 11 is 4.40. The van der Waals surface area contributed by atoms with Crippen molar-refractivity contribution in [2.75, 3.05) is 12.5 Å². The van der Waals surface area contributed by atoms with E-state index in [1.54, 1.807) is 11.0 Å². The Morgan fingerprint density at radius 1 is 1.60 bits per heavy atom. The van der Waals surface area contributed by atoms with Gasteiger partial charge in [0.1, 0.15) is 6.33 Å². The molecule has 0 bridgehead atoms. The summed E-state index contributed by atoms with van der Waals surface area (Å²) < 4.78 is 1.69. The van der Waals surface area contributed by atoms with Gasteiger partial charge in [-0.3, -0.25) is 4.68 Å². The van der Waals surface area contributed by atoms with Crippen molar-refractivity contribution in [2.45, 2.75) is 5.16 Å². The molecule has 0 aliphatic carbocycles. The van der Waals surface area contributed by atoms with Gasteiger partial charge >= 0.3 is 0 Å². The molecule has 0 atom stereocenters. The second kappa shape index (κ2) is 2.47. The molecule has 1 aromatic rings. The molecule has 0 amide bonds. The lowest BCUT2D eigenvalue weighted by molar-refractivity contribution is 0.737. The van der Waals surface area contributed by atoms with Gasteiger partial charge in [0.15, 0.2) is 5.16 Å². The van der Waals surface area contributed by atoms with Crippen molar-refractivity contribution in [1.82, 2.24) is 14.8 Å². The van der Waals surface area contributed by atoms with Gasteiger partial charge in [0.2, 0.25) is 0 Å². The Morgan fingerprint density at radius 2 is 2.20 bits per heavy atom. The van der Waals surface area contributed by atoms with Crippen LogP contribution >= 0.6 is 20.7 Å². The summed E-state index contributed by atoms with van der Waals surface area (Å²) in [6, 6.07) is 0. The van der Waals surface area contributed by atoms with Crippen LogP contribution in [0, 0.1) is 0 Å². The fourth-order valence-corrected chi connectivity index (χ4v) is 1.43. The molecule has 10 heavy (non-hydrogen) atoms. The number of hydrogen-bond donors (Lipinski definition) is 1. The highest BCUT2D eigenvalue weighted by atomic mass is 33.1. The third-order valence-electron chi connectivity index (χ3n) is 1.03. The first-order valence-corrected chi connectivity index (χ1v) is 6.32. The van der Waals surface area contributed by atoms with E-state index in [-0.39, 0.29) is 0 Å². The van der Waals surface area contributed by atoms with E-state index in [9.17, 15) is 0 Å². The summed E-state index contributed by atoms with van der Waals surface area (Å²) in [4.78, 5) is 4.10. The van der Waals surface area contributed by atoms with Crippen LogP contribution in [0.15, 0.2) is 11.5 Å². The summed E-state index contributed by atoms with van der Waals surface area (Å²) in [5, 5.41) is 4.99. The van der Waals surface area contributed by atoms with Crippen LogP contribution < -0.4 is 0 Å². The van der Waals surface area contributed by atoms with Crippen LogP contribution in [0.2, 0.25) is 0 Å². The molecule has 0 saturated carbocycles. The van der Waals surface area contributed by atoms with Crippen LogP contribution in [-0.4, -0.2) is 27.3 Å². The molecule has 58 valence electrons. The minimum absolute atomic E-state index is 0.846. The van der Waals surface area contributed by atoms with Crippen LogP contribution in [0.1, 0.15) is 0 Å². The second-order valence-corrected chi connectivity index (χ2v) is 8.12. The van der Waals surface area contributed by atoms with E-state index in [2.05, 4.69) is 21.7 Å². The summed E-state index contributed by atoms with van der Waals surface area (Å²) in [5.74, 6) is 0. The zero-order chi connectivity index (χ0) is 7.78. The van der Waals surface area contributed by atoms with E-state index in [1.807, 2.05) is 19.6 Å². The average molecular weight is 177 g/mol. The van der Waals surface area contributed by atoms with Gasteiger partial charge in [0.25, 0.3) is 0 Å². The normalized spacial score (nSPS) is 13.6. The fourth-order valence-electron chi connectivity index (χ4n) is 0.548. The van der Waals surface area contributed by atoms with Gasteiger partial charge in [-0.05, 0) is 12.5 Å². The first-order chi connectivity index (χ1) is 4.50. The van der Waals surface area contributed by atoms with Crippen LogP contribution in [0.3, 0.4) is 0 Å². The quantitative estimate of drug-likeness (QED) is 0.514. The van der Waals surface area contributed by atoms with Crippen molar-refractivity contribution in [3.63, 3.8) is 0 Å². The summed E-state index contributed by atoms with van der Waals surface area (Å²) in [6.45, 7) is 0. The molecule has 1 rings (SSSR count). The number of hydrogen-bond acceptors (Lipinski definition) is 3. The summed E-state index contributed by atoms with van der Waals surface area (Å²) in [6.07, 6.45) is 5.79. The number of aromatic nitrogens is 3. The molecule has 0 saturated heterocycles. The van der Waals surface area contributed by atoms with Crippen LogP contribution in [-0.2, 0) is 7.05 Å². The summed E-state index contributed by atoms with van der Waals surface area (Å²) in [7, 11) is 0.826. The Kier molecular flexibility index (Phi) is 1.96. The maximum atomic E-state index is 4.40. The van der Waals surface area contributed by atoms with Crippen molar-refractivity contribution in [3.05, 3.63) is 6.33 Å². The minimum Gasteiger partial charge on any atom is -0.255 e. The Hall–Kier alpha value is -0.160. The molecule has 0 spiro atoms. The highest BCUT2D eigenvalue weighted by Crippen LogP contribution is 2.50. The van der Waals surface area contributed by atoms with Crippen molar-refractivity contribution in [2.24, 2.45) is 7.05 Å². The Bertz CT molecular complexity index is 225. The van der Waals surface area contributed by atoms with E-state index >= 15 is 0 Å². The van der Waals surface area contributed by atoms with Gasteiger partial charge in [-0.2, -0.15) is 0 Å². The molecule has 1 aromatic heterocycles. The molecule has 0 aliphatic rings. The van der Waals surface area contributed by atoms with E-state index in [0.717, 1.165) is 5.16 Å². The Labute approximate surface area is 67.0 Å². The molecular weight excluding hydrogens is 166 g/mol. The van der Waals surface area contributed by atoms with Gasteiger partial charge < -0.3 is 0 Å². The highest BCUT2D eigenvalue weighted by Gasteiger charge is 2.12. The zero-order valence-corrected chi connectivity index (χ0v) is 7.99. The first kappa shape index (κ1) is 7.94. The number of nitrogens with zero attached hydrogens (tertiary/aromatic N) is 3. The van der Waals surface area contributed by atoms with Crippen molar-refractivity contribution in [1.29, 1.82) is 0 Å². The molecule has 0 fully saturated rings. The smallest absolute Gasteiger partial charge is 0.199 e. The Morgan fingerprint density at radius 3 is 2.40 bits per heavy atom. The molecule has 0 aromatic carbocycles. The fraction of sp³-hybridized carbons (Fsp3) is 0.600. The topological polar surface area (TPSA) is 30.7 Å². The van der Waals surface area contributed by atoms with Gasteiger partial charge in [0.05, 0.1) is 0 Å². The maximum absolute atomic E-state index is 4.40. The van der Waals surface area contributed by atoms with Gasteiger partial charge in [-0.25, -0.2) is 4.98 Å². The third-order valence-corrected chi connectivity index (χ3v) is 2.60. The number of thiol groups is 1. The number of aryl methyl sites for hydroxylation is 1. The van der Waals surface area contributed by atoms with E-state index in [1.165, 1.54) is 0 Å². The van der Waals surface area contributed by atoms with Crippen molar-refractivity contribution < 1.29 is 0 Å². The SMILES string of the molecule is Cn1cnc(S(C)(C)S)n1. The highest BCUT2D eigenvalue weighted by molar-refractivity contribution is 8.87. The predicted octanol–water partition coefficient (Wildman–Crippen LogP) is 1.08. The number of rotatable bonds is 1. The Balaban J connectivity index is 2.96. The molecule has 0 N–H and O–H groups in total. The van der Waals surface area contributed by atoms with Crippen LogP contribution in [0.4, 0.5) is 0 Å². The third kappa shape index (κ3) is 1.67. The first-order valence-electron chi connectivity index (χ1n) is 2.81. The van der Waals surface area contributed by atoms with Crippen molar-refractivity contribution >= 4 is 20.7 Å². The van der Waals surface area contributed by atoms with E-state index in [0.29, 0.717) is 0 Å². The minimum atomic E-state index is -1.03. The molecular formula is C5H11N3S2. The second-order valence-electron chi connectivity index (χ2n) is 2.47. The van der Waals surface area contributed by atoms with Crippen LogP contribution in [0.5, 0.6) is 0 Å². The monoisotopic (exact) mass is 177 g/mol. The van der Waals surface area contributed by atoms with E-state index in [4.69, 9.17) is 0 Å². The van der Waals surface area contributed by atoms with E-state index < -0.39 is 9.06 Å². The molecule has 0 radical (unpaired) electrons. The van der Waals surface area contributed by atoms with Gasteiger partial charge in [0, 0.05) is 7.05 Å². The predicted molar refractivity (Wildman–Crippen MR) is 47.7 cm³/mol. The molecule has 3 nitrogen and oxygen atoms in total. The molecule has 1 heterocycles. The largest absolute Gasteiger partial charge is 0.255 e. The lowest BCUT2D eigenvalue weighted by Gasteiger charge is -2.17. The molecule has 5 heteroatoms. The molecule has 0 unspecified atom stereocenters. The van der Waals surface area contributed by atoms with Gasteiger partial charge in [-0.15, -0.1) is 25.8 Å². The standard InChI is InChI=1S/C5H11N3S2/c1-8-4-6-5(7-8)10(2,3)9/h4,9H,1-3H3. The van der Waals surface area contributed by atoms with Gasteiger partial charge in [-0.1, -0.05) is 0 Å². The average Bonchev–Trinajstić information content (AvgIpc) is 2.11. The lowest BCUT2D eigenvalue weighted by Crippen LogP contribution is -1.92.